The molecule has 8 aromatic heterocycles. The SMILES string of the molecule is CCCCCCCCCC[n+]1ccn(C)c1.CCCCCCCCCC[n+]1ccn(C)c1.CCCCCCCCCC[n+]1ccn(C)c1.CCCCCCCCCC[n+]1ccn(C)c1.CCCCCCCCCC[n+]1ccn(C)c1.CCCCCCCCCC[n+]1ccn(C)c1.CCCCCCCCCC[n+]1ccn(C)c1.CCCCCCCCCC[n+]1ccn(C)c1.N#CB([O-])[O-].N#CB([O-])[O-].N#CB([O-])[O-].N#CB([O-])[O-]. The van der Waals surface area contributed by atoms with E-state index < -0.39 is 28.5 Å². The third kappa shape index (κ3) is 112. The van der Waals surface area contributed by atoms with E-state index in [2.05, 4.69) is 335 Å². The molecule has 28 nitrogen and oxygen atoms in total. The average molecular weight is 2060 g/mol. The largest absolute Gasteiger partial charge is 0.881 e. The van der Waals surface area contributed by atoms with E-state index in [4.69, 9.17) is 61.2 Å². The summed E-state index contributed by atoms with van der Waals surface area (Å²) in [5.74, 6) is 3.67. The number of imidazole rings is 8. The molecule has 0 saturated heterocycles. The molecule has 8 heterocycles. The quantitative estimate of drug-likeness (QED) is 0.0195. The normalized spacial score (nSPS) is 10.2. The molecule has 0 aliphatic rings. The van der Waals surface area contributed by atoms with Gasteiger partial charge in [0.25, 0.3) is 0 Å². The summed E-state index contributed by atoms with van der Waals surface area (Å²) in [6.45, 7) is 27.6. The Labute approximate surface area is 906 Å². The van der Waals surface area contributed by atoms with Crippen molar-refractivity contribution in [1.29, 1.82) is 21.0 Å². The Morgan fingerprint density at radius 1 is 0.155 bits per heavy atom. The minimum absolute atomic E-state index is 0.917. The predicted octanol–water partition coefficient (Wildman–Crippen LogP) is 16.7. The first kappa shape index (κ1) is 146. The van der Waals surface area contributed by atoms with Gasteiger partial charge in [0.1, 0.15) is 99.1 Å². The number of hydrogen-bond donors (Lipinski definition) is 0. The van der Waals surface area contributed by atoms with Gasteiger partial charge < -0.3 is 40.2 Å². The molecule has 0 aromatic carbocycles. The van der Waals surface area contributed by atoms with Gasteiger partial charge in [-0.05, 0) is 127 Å². The van der Waals surface area contributed by atoms with Gasteiger partial charge in [-0.1, -0.05) is 364 Å². The molecule has 840 valence electrons. The Morgan fingerprint density at radius 2 is 0.230 bits per heavy atom. The lowest BCUT2D eigenvalue weighted by atomic mass is 9.97. The molecule has 0 aliphatic heterocycles. The van der Waals surface area contributed by atoms with Crippen molar-refractivity contribution in [3.05, 3.63) is 150 Å². The summed E-state index contributed by atoms with van der Waals surface area (Å²) in [6, 6.07) is 0. The lowest BCUT2D eigenvalue weighted by Crippen LogP contribution is -2.43. The van der Waals surface area contributed by atoms with E-state index >= 15 is 0 Å². The zero-order valence-corrected chi connectivity index (χ0v) is 97.3. The Morgan fingerprint density at radius 3 is 0.291 bits per heavy atom. The van der Waals surface area contributed by atoms with Crippen LogP contribution in [0.15, 0.2) is 150 Å². The standard InChI is InChI=1S/8C14H27N2.4CBNO2/c8*1-3-4-5-6-7-8-9-10-11-16-13-12-15(2)14-16;4*3-1-2(4)5/h8*12-14H,3-11H2,1-2H3;;;;/q8*+1;4*-2. The third-order valence-electron chi connectivity index (χ3n) is 25.2. The van der Waals surface area contributed by atoms with Gasteiger partial charge >= 0.3 is 0 Å². The number of hydrogen-bond acceptors (Lipinski definition) is 12. The molecule has 0 amide bonds. The van der Waals surface area contributed by atoms with Crippen molar-refractivity contribution in [2.45, 2.75) is 519 Å². The lowest BCUT2D eigenvalue weighted by Gasteiger charge is -2.12. The van der Waals surface area contributed by atoms with Gasteiger partial charge in [0.05, 0.1) is 109 Å². The highest BCUT2D eigenvalue weighted by Crippen LogP contribution is 2.16. The summed E-state index contributed by atoms with van der Waals surface area (Å²) in [7, 11) is 7.35. The smallest absolute Gasteiger partial charge is 0.243 e. The molecule has 0 unspecified atom stereocenters. The molecule has 0 spiro atoms. The lowest BCUT2D eigenvalue weighted by molar-refractivity contribution is -0.697. The van der Waals surface area contributed by atoms with Crippen LogP contribution in [-0.4, -0.2) is 65.0 Å². The number of nitrogens with zero attached hydrogens (tertiary/aromatic N) is 20. The zero-order valence-electron chi connectivity index (χ0n) is 97.3. The van der Waals surface area contributed by atoms with Gasteiger partial charge in [0.15, 0.2) is 0 Å². The highest BCUT2D eigenvalue weighted by atomic mass is 16.4. The topological polar surface area (TPSA) is 350 Å². The van der Waals surface area contributed by atoms with Gasteiger partial charge in [0.2, 0.25) is 50.6 Å². The maximum absolute atomic E-state index is 8.98. The highest BCUT2D eigenvalue weighted by Gasteiger charge is 2.08. The van der Waals surface area contributed by atoms with E-state index in [0.29, 0.717) is 0 Å². The predicted molar refractivity (Wildman–Crippen MR) is 591 cm³/mol. The van der Waals surface area contributed by atoms with Gasteiger partial charge in [0, 0.05) is 28.5 Å². The number of unbranched alkanes of at least 4 members (excludes halogenated alkanes) is 56. The van der Waals surface area contributed by atoms with Gasteiger partial charge in [-0.15, -0.1) is 0 Å². The summed E-state index contributed by atoms with van der Waals surface area (Å²) < 4.78 is 35.0. The summed E-state index contributed by atoms with van der Waals surface area (Å²) >= 11 is 0. The summed E-state index contributed by atoms with van der Waals surface area (Å²) in [5.41, 5.74) is 0. The molecule has 8 aromatic rings. The van der Waals surface area contributed by atoms with Crippen molar-refractivity contribution < 1.29 is 76.7 Å². The van der Waals surface area contributed by atoms with Crippen molar-refractivity contribution in [2.75, 3.05) is 0 Å². The summed E-state index contributed by atoms with van der Waals surface area (Å²) in [5, 5.41) is 101. The molecule has 0 N–H and O–H groups in total. The van der Waals surface area contributed by atoms with Crippen LogP contribution in [0.2, 0.25) is 0 Å². The van der Waals surface area contributed by atoms with Crippen LogP contribution in [0.4, 0.5) is 0 Å². The molecule has 0 aliphatic carbocycles. The fourth-order valence-electron chi connectivity index (χ4n) is 16.5. The van der Waals surface area contributed by atoms with Gasteiger partial charge in [-0.25, -0.2) is 94.1 Å². The minimum atomic E-state index is -2.31. The first-order valence-corrected chi connectivity index (χ1v) is 58.6. The monoisotopic (exact) mass is 2060 g/mol. The van der Waals surface area contributed by atoms with Crippen LogP contribution in [0, 0.1) is 44.9 Å². The van der Waals surface area contributed by atoms with Crippen LogP contribution < -0.4 is 76.7 Å². The van der Waals surface area contributed by atoms with Crippen LogP contribution >= 0.6 is 0 Å². The first-order valence-electron chi connectivity index (χ1n) is 58.6. The maximum atomic E-state index is 8.98. The van der Waals surface area contributed by atoms with E-state index in [9.17, 15) is 0 Å². The fraction of sp³-hybridized carbons (Fsp3) is 0.759. The van der Waals surface area contributed by atoms with Crippen LogP contribution in [0.3, 0.4) is 0 Å². The van der Waals surface area contributed by atoms with Crippen LogP contribution in [0.25, 0.3) is 0 Å². The van der Waals surface area contributed by atoms with E-state index in [-0.39, 0.29) is 0 Å². The van der Waals surface area contributed by atoms with Gasteiger partial charge in [-0.2, -0.15) is 0 Å². The molecule has 0 fully saturated rings. The third-order valence-corrected chi connectivity index (χ3v) is 25.2. The number of aryl methyl sites for hydroxylation is 16. The highest BCUT2D eigenvalue weighted by molar-refractivity contribution is 6.47. The van der Waals surface area contributed by atoms with E-state index in [0.717, 1.165) is 23.9 Å². The van der Waals surface area contributed by atoms with Gasteiger partial charge in [-0.3, -0.25) is 0 Å². The Kier molecular flexibility index (Phi) is 112. The molecular weight excluding hydrogens is 1840 g/mol. The Balaban J connectivity index is -0.000000779. The second-order valence-corrected chi connectivity index (χ2v) is 40.2. The molecule has 0 bridgehead atoms. The zero-order chi connectivity index (χ0) is 110. The van der Waals surface area contributed by atoms with Crippen molar-refractivity contribution in [2.24, 2.45) is 56.4 Å². The van der Waals surface area contributed by atoms with E-state index in [1.165, 1.54) is 463 Å². The molecule has 148 heavy (non-hydrogen) atoms. The van der Waals surface area contributed by atoms with Crippen LogP contribution in [0.5, 0.6) is 0 Å². The summed E-state index contributed by atoms with van der Waals surface area (Å²) in [6.07, 6.45) is 141. The number of rotatable bonds is 72. The maximum Gasteiger partial charge on any atom is 0.243 e. The molecule has 8 rings (SSSR count). The van der Waals surface area contributed by atoms with E-state index in [1.54, 1.807) is 0 Å². The summed E-state index contributed by atoms with van der Waals surface area (Å²) in [4.78, 5) is 0. The number of nitriles is 4. The van der Waals surface area contributed by atoms with E-state index in [1.807, 2.05) is 0 Å². The number of aromatic nitrogens is 16. The average Bonchev–Trinajstić information content (AvgIpc) is 1.85. The molecule has 0 saturated carbocycles. The molecule has 32 heteroatoms. The second-order valence-electron chi connectivity index (χ2n) is 40.2. The minimum Gasteiger partial charge on any atom is -0.881 e. The van der Waals surface area contributed by atoms with Crippen LogP contribution in [-0.2, 0) is 109 Å². The fourth-order valence-corrected chi connectivity index (χ4v) is 16.5. The van der Waals surface area contributed by atoms with Crippen molar-refractivity contribution >= 4 is 28.5 Å². The Hall–Kier alpha value is -8.42. The van der Waals surface area contributed by atoms with Crippen molar-refractivity contribution in [3.63, 3.8) is 0 Å². The first-order chi connectivity index (χ1) is 71.7. The Bertz CT molecular complexity index is 3440. The second kappa shape index (κ2) is 114. The molecule has 0 atom stereocenters. The molecule has 0 radical (unpaired) electrons. The molecular formula is C116H216B4N20O8. The van der Waals surface area contributed by atoms with Crippen molar-refractivity contribution in [3.8, 4) is 23.9 Å². The van der Waals surface area contributed by atoms with Crippen molar-refractivity contribution in [1.82, 2.24) is 36.5 Å². The van der Waals surface area contributed by atoms with Crippen LogP contribution in [0.1, 0.15) is 466 Å².